The number of fused-ring (bicyclic) bond motifs is 1. The zero-order chi connectivity index (χ0) is 25.8. The van der Waals surface area contributed by atoms with Gasteiger partial charge in [0.15, 0.2) is 17.7 Å². The molecule has 0 spiro atoms. The van der Waals surface area contributed by atoms with E-state index in [1.165, 1.54) is 36.1 Å². The first-order valence-corrected chi connectivity index (χ1v) is 11.5. The van der Waals surface area contributed by atoms with Crippen LogP contribution in [0.2, 0.25) is 0 Å². The molecule has 0 bridgehead atoms. The van der Waals surface area contributed by atoms with Gasteiger partial charge in [0.25, 0.3) is 11.5 Å². The van der Waals surface area contributed by atoms with Crippen LogP contribution < -0.4 is 21.5 Å². The number of aromatic nitrogens is 1. The lowest BCUT2D eigenvalue weighted by Crippen LogP contribution is -2.48. The van der Waals surface area contributed by atoms with E-state index in [1.54, 1.807) is 0 Å². The summed E-state index contributed by atoms with van der Waals surface area (Å²) in [6, 6.07) is 4.60. The van der Waals surface area contributed by atoms with Gasteiger partial charge in [-0.2, -0.15) is 0 Å². The Labute approximate surface area is 205 Å². The molecule has 0 radical (unpaired) electrons. The minimum atomic E-state index is -1.17. The number of nitrogens with zero attached hydrogens (tertiary/aromatic N) is 1. The van der Waals surface area contributed by atoms with Gasteiger partial charge in [-0.15, -0.1) is 0 Å². The van der Waals surface area contributed by atoms with E-state index in [4.69, 9.17) is 9.47 Å². The van der Waals surface area contributed by atoms with E-state index in [9.17, 15) is 28.0 Å². The second kappa shape index (κ2) is 10.9. The van der Waals surface area contributed by atoms with Crippen LogP contribution in [0.4, 0.5) is 13.6 Å². The van der Waals surface area contributed by atoms with Crippen LogP contribution >= 0.6 is 0 Å². The third kappa shape index (κ3) is 5.70. The van der Waals surface area contributed by atoms with Gasteiger partial charge in [0.2, 0.25) is 0 Å². The minimum absolute atomic E-state index is 0.0418. The SMILES string of the molecule is COC(=O)[C@@H](COC1CCC2NC(=O)NC2C1)NC(=O)c1cccn(Cc2ccc(F)c(F)c2)c1=O. The van der Waals surface area contributed by atoms with Crippen molar-refractivity contribution >= 4 is 17.9 Å². The van der Waals surface area contributed by atoms with Crippen LogP contribution in [0.1, 0.15) is 35.2 Å². The highest BCUT2D eigenvalue weighted by Crippen LogP contribution is 2.24. The van der Waals surface area contributed by atoms with Crippen molar-refractivity contribution in [3.8, 4) is 0 Å². The number of amides is 3. The number of carbonyl (C=O) groups excluding carboxylic acids is 3. The van der Waals surface area contributed by atoms with Crippen molar-refractivity contribution in [3.63, 3.8) is 0 Å². The number of ether oxygens (including phenoxy) is 2. The summed E-state index contributed by atoms with van der Waals surface area (Å²) >= 11 is 0. The summed E-state index contributed by atoms with van der Waals surface area (Å²) in [5.41, 5.74) is -0.584. The highest BCUT2D eigenvalue weighted by Gasteiger charge is 2.38. The number of benzene rings is 1. The Balaban J connectivity index is 1.41. The lowest BCUT2D eigenvalue weighted by Gasteiger charge is -2.31. The number of hydrogen-bond acceptors (Lipinski definition) is 6. The molecule has 1 saturated carbocycles. The predicted molar refractivity (Wildman–Crippen MR) is 122 cm³/mol. The van der Waals surface area contributed by atoms with E-state index in [-0.39, 0.29) is 42.9 Å². The Kier molecular flexibility index (Phi) is 7.63. The van der Waals surface area contributed by atoms with Gasteiger partial charge in [-0.1, -0.05) is 6.07 Å². The molecule has 4 atom stereocenters. The maximum absolute atomic E-state index is 13.5. The van der Waals surface area contributed by atoms with Gasteiger partial charge in [0, 0.05) is 6.20 Å². The number of esters is 1. The number of rotatable bonds is 8. The fourth-order valence-corrected chi connectivity index (χ4v) is 4.44. The first kappa shape index (κ1) is 25.3. The quantitative estimate of drug-likeness (QED) is 0.462. The van der Waals surface area contributed by atoms with Crippen molar-refractivity contribution in [2.45, 2.75) is 50.0 Å². The maximum atomic E-state index is 13.5. The van der Waals surface area contributed by atoms with E-state index in [0.29, 0.717) is 24.8 Å². The summed E-state index contributed by atoms with van der Waals surface area (Å²) < 4.78 is 38.5. The molecule has 4 rings (SSSR count). The third-order valence-corrected chi connectivity index (χ3v) is 6.33. The lowest BCUT2D eigenvalue weighted by molar-refractivity contribution is -0.145. The number of nitrogens with one attached hydrogen (secondary N) is 3. The molecule has 192 valence electrons. The summed E-state index contributed by atoms with van der Waals surface area (Å²) in [5.74, 6) is -3.61. The smallest absolute Gasteiger partial charge is 0.330 e. The van der Waals surface area contributed by atoms with Crippen molar-refractivity contribution in [3.05, 3.63) is 69.6 Å². The van der Waals surface area contributed by atoms with Crippen LogP contribution in [0.25, 0.3) is 0 Å². The van der Waals surface area contributed by atoms with Gasteiger partial charge in [-0.05, 0) is 49.1 Å². The molecule has 1 aromatic heterocycles. The van der Waals surface area contributed by atoms with Crippen molar-refractivity contribution in [1.82, 2.24) is 20.5 Å². The van der Waals surface area contributed by atoms with E-state index >= 15 is 0 Å². The summed E-state index contributed by atoms with van der Waals surface area (Å²) in [5, 5.41) is 8.15. The van der Waals surface area contributed by atoms with Gasteiger partial charge in [-0.25, -0.2) is 18.4 Å². The molecule has 2 heterocycles. The molecule has 36 heavy (non-hydrogen) atoms. The van der Waals surface area contributed by atoms with Crippen molar-refractivity contribution < 1.29 is 32.6 Å². The standard InChI is InChI=1S/C24H26F2N4O6/c1-35-23(33)20(12-36-14-5-7-18-19(10-14)29-24(34)28-18)27-21(31)15-3-2-8-30(22(15)32)11-13-4-6-16(25)17(26)9-13/h2-4,6,8-9,14,18-20H,5,7,10-12H2,1H3,(H,27,31)(H2,28,29,34)/t14?,18?,19?,20-/m1/s1. The molecule has 1 aliphatic heterocycles. The Morgan fingerprint density at radius 2 is 1.92 bits per heavy atom. The molecular formula is C24H26F2N4O6. The summed E-state index contributed by atoms with van der Waals surface area (Å²) in [7, 11) is 1.17. The minimum Gasteiger partial charge on any atom is -0.467 e. The van der Waals surface area contributed by atoms with Gasteiger partial charge in [0.05, 0.1) is 38.4 Å². The Bertz CT molecular complexity index is 1220. The second-order valence-corrected chi connectivity index (χ2v) is 8.75. The molecule has 12 heteroatoms. The third-order valence-electron chi connectivity index (χ3n) is 6.33. The van der Waals surface area contributed by atoms with Crippen LogP contribution in [0.5, 0.6) is 0 Å². The molecule has 2 aromatic rings. The monoisotopic (exact) mass is 504 g/mol. The molecule has 3 unspecified atom stereocenters. The molecule has 10 nitrogen and oxygen atoms in total. The van der Waals surface area contributed by atoms with Crippen LogP contribution in [-0.2, 0) is 20.8 Å². The lowest BCUT2D eigenvalue weighted by atomic mass is 9.89. The maximum Gasteiger partial charge on any atom is 0.330 e. The number of halogens is 2. The zero-order valence-electron chi connectivity index (χ0n) is 19.5. The molecule has 1 aromatic carbocycles. The van der Waals surface area contributed by atoms with E-state index < -0.39 is 35.1 Å². The fourth-order valence-electron chi connectivity index (χ4n) is 4.44. The summed E-state index contributed by atoms with van der Waals surface area (Å²) in [6.07, 6.45) is 3.11. The Morgan fingerprint density at radius 1 is 1.14 bits per heavy atom. The molecule has 1 saturated heterocycles. The van der Waals surface area contributed by atoms with Crippen molar-refractivity contribution in [1.29, 1.82) is 0 Å². The van der Waals surface area contributed by atoms with Crippen molar-refractivity contribution in [2.75, 3.05) is 13.7 Å². The predicted octanol–water partition coefficient (Wildman–Crippen LogP) is 1.07. The zero-order valence-corrected chi connectivity index (χ0v) is 19.5. The van der Waals surface area contributed by atoms with Crippen LogP contribution in [0.15, 0.2) is 41.3 Å². The normalized spacial score (nSPS) is 21.6. The average Bonchev–Trinajstić information content (AvgIpc) is 3.23. The number of carbonyl (C=O) groups is 3. The number of urea groups is 1. The van der Waals surface area contributed by atoms with Crippen molar-refractivity contribution in [2.24, 2.45) is 0 Å². The fraction of sp³-hybridized carbons (Fsp3) is 0.417. The Hall–Kier alpha value is -3.80. The topological polar surface area (TPSA) is 128 Å². The van der Waals surface area contributed by atoms with E-state index in [1.807, 2.05) is 0 Å². The average molecular weight is 504 g/mol. The molecule has 2 aliphatic rings. The van der Waals surface area contributed by atoms with Crippen LogP contribution in [0.3, 0.4) is 0 Å². The summed E-state index contributed by atoms with van der Waals surface area (Å²) in [4.78, 5) is 49.6. The van der Waals surface area contributed by atoms with Gasteiger partial charge in [-0.3, -0.25) is 9.59 Å². The number of methoxy groups -OCH3 is 1. The van der Waals surface area contributed by atoms with Gasteiger partial charge < -0.3 is 30.0 Å². The molecular weight excluding hydrogens is 478 g/mol. The first-order valence-electron chi connectivity index (χ1n) is 11.5. The van der Waals surface area contributed by atoms with Crippen LogP contribution in [-0.4, -0.2) is 60.4 Å². The van der Waals surface area contributed by atoms with E-state index in [0.717, 1.165) is 12.1 Å². The molecule has 3 amide bonds. The molecule has 2 fully saturated rings. The number of pyridine rings is 1. The second-order valence-electron chi connectivity index (χ2n) is 8.75. The van der Waals surface area contributed by atoms with Crippen LogP contribution in [0, 0.1) is 11.6 Å². The van der Waals surface area contributed by atoms with Gasteiger partial charge >= 0.3 is 12.0 Å². The molecule has 3 N–H and O–H groups in total. The highest BCUT2D eigenvalue weighted by atomic mass is 19.2. The number of hydrogen-bond donors (Lipinski definition) is 3. The summed E-state index contributed by atoms with van der Waals surface area (Å²) in [6.45, 7) is -0.270. The Morgan fingerprint density at radius 3 is 2.67 bits per heavy atom. The first-order chi connectivity index (χ1) is 17.2. The van der Waals surface area contributed by atoms with E-state index in [2.05, 4.69) is 16.0 Å². The highest BCUT2D eigenvalue weighted by molar-refractivity contribution is 5.96. The largest absolute Gasteiger partial charge is 0.467 e. The molecule has 1 aliphatic carbocycles. The van der Waals surface area contributed by atoms with Gasteiger partial charge in [0.1, 0.15) is 5.56 Å².